The number of nitrogen functional groups attached to an aromatic ring is 1. The first-order valence-electron chi connectivity index (χ1n) is 6.14. The van der Waals surface area contributed by atoms with E-state index >= 15 is 0 Å². The van der Waals surface area contributed by atoms with Crippen molar-refractivity contribution in [3.63, 3.8) is 0 Å². The van der Waals surface area contributed by atoms with Gasteiger partial charge in [0, 0.05) is 18.2 Å². The molecule has 0 radical (unpaired) electrons. The molecule has 0 spiro atoms. The van der Waals surface area contributed by atoms with Crippen LogP contribution < -0.4 is 15.8 Å². The van der Waals surface area contributed by atoms with Crippen LogP contribution in [0.1, 0.15) is 26.7 Å². The summed E-state index contributed by atoms with van der Waals surface area (Å²) in [6.45, 7) is 4.45. The molecule has 4 heteroatoms. The molecule has 3 nitrogen and oxygen atoms in total. The van der Waals surface area contributed by atoms with E-state index in [0.717, 1.165) is 24.4 Å². The van der Waals surface area contributed by atoms with Gasteiger partial charge in [-0.05, 0) is 19.3 Å². The Balaban J connectivity index is 2.13. The van der Waals surface area contributed by atoms with Crippen LogP contribution in [0.15, 0.2) is 12.1 Å². The van der Waals surface area contributed by atoms with E-state index in [1.807, 2.05) is 6.92 Å². The number of hydrogen-bond acceptors (Lipinski definition) is 3. The molecule has 2 unspecified atom stereocenters. The van der Waals surface area contributed by atoms with E-state index in [1.54, 1.807) is 6.07 Å². The Labute approximate surface area is 101 Å². The SMILES string of the molecule is CCOc1cc(NC2CC2CC)c(N)cc1F. The van der Waals surface area contributed by atoms with Crippen molar-refractivity contribution in [2.24, 2.45) is 5.92 Å². The molecule has 0 bridgehead atoms. The Bertz CT molecular complexity index is 409. The molecule has 2 atom stereocenters. The average molecular weight is 238 g/mol. The molecule has 3 N–H and O–H groups in total. The number of ether oxygens (including phenoxy) is 1. The van der Waals surface area contributed by atoms with Crippen LogP contribution in [0.5, 0.6) is 5.75 Å². The van der Waals surface area contributed by atoms with Gasteiger partial charge in [0.25, 0.3) is 0 Å². The van der Waals surface area contributed by atoms with Crippen molar-refractivity contribution in [2.75, 3.05) is 17.7 Å². The zero-order valence-electron chi connectivity index (χ0n) is 10.3. The van der Waals surface area contributed by atoms with Crippen LogP contribution in [0.2, 0.25) is 0 Å². The Morgan fingerprint density at radius 2 is 2.24 bits per heavy atom. The molecule has 17 heavy (non-hydrogen) atoms. The lowest BCUT2D eigenvalue weighted by molar-refractivity contribution is 0.322. The predicted molar refractivity (Wildman–Crippen MR) is 67.8 cm³/mol. The fraction of sp³-hybridized carbons (Fsp3) is 0.538. The normalized spacial score (nSPS) is 22.3. The van der Waals surface area contributed by atoms with Crippen LogP contribution in [0, 0.1) is 11.7 Å². The number of anilines is 2. The molecule has 1 aliphatic carbocycles. The fourth-order valence-electron chi connectivity index (χ4n) is 2.04. The van der Waals surface area contributed by atoms with Crippen LogP contribution in [0.3, 0.4) is 0 Å². The minimum atomic E-state index is -0.405. The van der Waals surface area contributed by atoms with E-state index < -0.39 is 5.82 Å². The van der Waals surface area contributed by atoms with Gasteiger partial charge < -0.3 is 15.8 Å². The third-order valence-electron chi connectivity index (χ3n) is 3.19. The summed E-state index contributed by atoms with van der Waals surface area (Å²) in [7, 11) is 0. The molecule has 1 saturated carbocycles. The van der Waals surface area contributed by atoms with Crippen molar-refractivity contribution in [1.82, 2.24) is 0 Å². The summed E-state index contributed by atoms with van der Waals surface area (Å²) in [6, 6.07) is 3.44. The van der Waals surface area contributed by atoms with Gasteiger partial charge in [-0.3, -0.25) is 0 Å². The van der Waals surface area contributed by atoms with Crippen molar-refractivity contribution in [3.05, 3.63) is 17.9 Å². The summed E-state index contributed by atoms with van der Waals surface area (Å²) in [5, 5.41) is 3.34. The van der Waals surface area contributed by atoms with Crippen LogP contribution >= 0.6 is 0 Å². The number of nitrogens with one attached hydrogen (secondary N) is 1. The Morgan fingerprint density at radius 3 is 2.82 bits per heavy atom. The lowest BCUT2D eigenvalue weighted by atomic mass is 10.2. The van der Waals surface area contributed by atoms with Crippen LogP contribution in [0.25, 0.3) is 0 Å². The van der Waals surface area contributed by atoms with Crippen molar-refractivity contribution in [1.29, 1.82) is 0 Å². The zero-order chi connectivity index (χ0) is 12.4. The van der Waals surface area contributed by atoms with Gasteiger partial charge in [-0.2, -0.15) is 0 Å². The summed E-state index contributed by atoms with van der Waals surface area (Å²) < 4.78 is 18.7. The molecule has 0 amide bonds. The highest BCUT2D eigenvalue weighted by atomic mass is 19.1. The van der Waals surface area contributed by atoms with Crippen molar-refractivity contribution >= 4 is 11.4 Å². The Kier molecular flexibility index (Phi) is 3.41. The first-order chi connectivity index (χ1) is 8.15. The number of rotatable bonds is 5. The highest BCUT2D eigenvalue weighted by Gasteiger charge is 2.35. The third kappa shape index (κ3) is 2.62. The molecular weight excluding hydrogens is 219 g/mol. The van der Waals surface area contributed by atoms with Gasteiger partial charge in [0.05, 0.1) is 18.0 Å². The minimum absolute atomic E-state index is 0.262. The van der Waals surface area contributed by atoms with E-state index in [-0.39, 0.29) is 5.75 Å². The number of nitrogens with two attached hydrogens (primary N) is 1. The summed E-state index contributed by atoms with van der Waals surface area (Å²) in [5.41, 5.74) is 7.00. The van der Waals surface area contributed by atoms with E-state index in [9.17, 15) is 4.39 Å². The van der Waals surface area contributed by atoms with Crippen molar-refractivity contribution in [2.45, 2.75) is 32.7 Å². The van der Waals surface area contributed by atoms with Crippen molar-refractivity contribution < 1.29 is 9.13 Å². The monoisotopic (exact) mass is 238 g/mol. The first-order valence-corrected chi connectivity index (χ1v) is 6.14. The number of halogens is 1. The fourth-order valence-corrected chi connectivity index (χ4v) is 2.04. The predicted octanol–water partition coefficient (Wildman–Crippen LogP) is 3.02. The molecule has 0 saturated heterocycles. The zero-order valence-corrected chi connectivity index (χ0v) is 10.3. The molecule has 0 aromatic heterocycles. The number of hydrogen-bond donors (Lipinski definition) is 2. The van der Waals surface area contributed by atoms with Gasteiger partial charge in [-0.25, -0.2) is 4.39 Å². The van der Waals surface area contributed by atoms with Gasteiger partial charge >= 0.3 is 0 Å². The van der Waals surface area contributed by atoms with E-state index in [2.05, 4.69) is 12.2 Å². The maximum absolute atomic E-state index is 13.5. The number of benzene rings is 1. The highest BCUT2D eigenvalue weighted by molar-refractivity contribution is 5.69. The second-order valence-corrected chi connectivity index (χ2v) is 4.46. The topological polar surface area (TPSA) is 47.3 Å². The summed E-state index contributed by atoms with van der Waals surface area (Å²) in [4.78, 5) is 0. The van der Waals surface area contributed by atoms with Gasteiger partial charge in [0.1, 0.15) is 0 Å². The Hall–Kier alpha value is -1.45. The lowest BCUT2D eigenvalue weighted by Crippen LogP contribution is -2.08. The largest absolute Gasteiger partial charge is 0.491 e. The standard InChI is InChI=1S/C13H19FN2O/c1-3-8-5-11(8)16-12-7-13(17-4-2)9(14)6-10(12)15/h6-8,11,16H,3-5,15H2,1-2H3. The molecule has 0 heterocycles. The minimum Gasteiger partial charge on any atom is -0.491 e. The second-order valence-electron chi connectivity index (χ2n) is 4.46. The first kappa shape index (κ1) is 12.0. The van der Waals surface area contributed by atoms with E-state index in [4.69, 9.17) is 10.5 Å². The molecule has 1 aromatic carbocycles. The van der Waals surface area contributed by atoms with E-state index in [1.165, 1.54) is 6.07 Å². The van der Waals surface area contributed by atoms with Gasteiger partial charge in [-0.15, -0.1) is 0 Å². The summed E-state index contributed by atoms with van der Waals surface area (Å²) in [6.07, 6.45) is 2.33. The Morgan fingerprint density at radius 1 is 1.47 bits per heavy atom. The van der Waals surface area contributed by atoms with Crippen LogP contribution in [-0.4, -0.2) is 12.6 Å². The third-order valence-corrected chi connectivity index (χ3v) is 3.19. The molecular formula is C13H19FN2O. The smallest absolute Gasteiger partial charge is 0.167 e. The van der Waals surface area contributed by atoms with Gasteiger partial charge in [0.2, 0.25) is 0 Å². The van der Waals surface area contributed by atoms with Crippen LogP contribution in [-0.2, 0) is 0 Å². The maximum atomic E-state index is 13.5. The summed E-state index contributed by atoms with van der Waals surface area (Å²) >= 11 is 0. The second kappa shape index (κ2) is 4.82. The van der Waals surface area contributed by atoms with Gasteiger partial charge in [0.15, 0.2) is 11.6 Å². The van der Waals surface area contributed by atoms with E-state index in [0.29, 0.717) is 18.3 Å². The lowest BCUT2D eigenvalue weighted by Gasteiger charge is -2.12. The molecule has 1 aliphatic rings. The van der Waals surface area contributed by atoms with Crippen LogP contribution in [0.4, 0.5) is 15.8 Å². The molecule has 2 rings (SSSR count). The molecule has 1 fully saturated rings. The highest BCUT2D eigenvalue weighted by Crippen LogP contribution is 2.38. The van der Waals surface area contributed by atoms with Crippen molar-refractivity contribution in [3.8, 4) is 5.75 Å². The molecule has 94 valence electrons. The summed E-state index contributed by atoms with van der Waals surface area (Å²) in [5.74, 6) is 0.575. The maximum Gasteiger partial charge on any atom is 0.167 e. The molecule has 0 aliphatic heterocycles. The average Bonchev–Trinajstić information content (AvgIpc) is 3.04. The molecule has 1 aromatic rings. The van der Waals surface area contributed by atoms with Gasteiger partial charge in [-0.1, -0.05) is 13.3 Å². The quantitative estimate of drug-likeness (QED) is 0.775.